The van der Waals surface area contributed by atoms with E-state index in [1.807, 2.05) is 70.2 Å². The van der Waals surface area contributed by atoms with Gasteiger partial charge in [0.05, 0.1) is 5.69 Å². The van der Waals surface area contributed by atoms with Gasteiger partial charge in [-0.2, -0.15) is 0 Å². The number of aryl methyl sites for hydroxylation is 2. The average Bonchev–Trinajstić information content (AvgIpc) is 3.27. The molecule has 2 N–H and O–H groups in total. The molecule has 1 spiro atoms. The quantitative estimate of drug-likeness (QED) is 0.269. The van der Waals surface area contributed by atoms with Gasteiger partial charge in [0.2, 0.25) is 0 Å². The van der Waals surface area contributed by atoms with Crippen LogP contribution in [0.4, 0.5) is 5.82 Å². The molecule has 7 rings (SSSR count). The molecule has 1 aliphatic heterocycles. The van der Waals surface area contributed by atoms with Crippen LogP contribution < -0.4 is 20.9 Å². The van der Waals surface area contributed by atoms with Crippen molar-refractivity contribution < 1.29 is 9.47 Å². The number of rotatable bonds is 7. The van der Waals surface area contributed by atoms with Crippen LogP contribution in [-0.4, -0.2) is 54.1 Å². The summed E-state index contributed by atoms with van der Waals surface area (Å²) in [5.41, 5.74) is 10.1. The van der Waals surface area contributed by atoms with Gasteiger partial charge < -0.3 is 20.1 Å². The maximum absolute atomic E-state index is 13.8. The van der Waals surface area contributed by atoms with Crippen molar-refractivity contribution >= 4 is 17.0 Å². The number of nitrogens with two attached hydrogens (primary N) is 1. The van der Waals surface area contributed by atoms with Crippen molar-refractivity contribution in [1.82, 2.24) is 34.0 Å². The number of nitrogens with zero attached hydrogens (tertiary/aromatic N) is 7. The van der Waals surface area contributed by atoms with Crippen LogP contribution in [0.1, 0.15) is 49.7 Å². The van der Waals surface area contributed by atoms with Gasteiger partial charge in [-0.05, 0) is 81.1 Å². The lowest BCUT2D eigenvalue weighted by molar-refractivity contribution is -0.0756. The molecule has 4 heterocycles. The van der Waals surface area contributed by atoms with Gasteiger partial charge in [0.25, 0.3) is 0 Å². The van der Waals surface area contributed by atoms with Gasteiger partial charge in [-0.15, -0.1) is 0 Å². The highest BCUT2D eigenvalue weighted by Gasteiger charge is 2.52. The van der Waals surface area contributed by atoms with Crippen molar-refractivity contribution in [1.29, 1.82) is 0 Å². The van der Waals surface area contributed by atoms with E-state index in [9.17, 15) is 4.79 Å². The van der Waals surface area contributed by atoms with E-state index in [1.165, 1.54) is 6.33 Å². The van der Waals surface area contributed by atoms with Crippen LogP contribution in [0.5, 0.6) is 17.2 Å². The van der Waals surface area contributed by atoms with Crippen molar-refractivity contribution in [3.05, 3.63) is 88.6 Å². The molecule has 228 valence electrons. The molecule has 2 aliphatic rings. The summed E-state index contributed by atoms with van der Waals surface area (Å²) in [7, 11) is 2.13. The number of benzene rings is 2. The fourth-order valence-corrected chi connectivity index (χ4v) is 6.43. The Kier molecular flexibility index (Phi) is 7.81. The normalized spacial score (nSPS) is 15.8. The summed E-state index contributed by atoms with van der Waals surface area (Å²) >= 11 is 0. The Balaban J connectivity index is 0.00000168. The van der Waals surface area contributed by atoms with Crippen LogP contribution in [0.3, 0.4) is 0 Å². The van der Waals surface area contributed by atoms with Gasteiger partial charge in [0.15, 0.2) is 11.5 Å². The molecule has 3 aromatic heterocycles. The first-order chi connectivity index (χ1) is 21.3. The van der Waals surface area contributed by atoms with Gasteiger partial charge in [-0.1, -0.05) is 13.8 Å². The molecule has 2 fully saturated rings. The Morgan fingerprint density at radius 3 is 2.30 bits per heavy atom. The molecule has 11 nitrogen and oxygen atoms in total. The fraction of sp³-hybridized carbons (Fsp3) is 0.364. The highest BCUT2D eigenvalue weighted by atomic mass is 16.5. The highest BCUT2D eigenvalue weighted by Crippen LogP contribution is 2.53. The molecule has 5 aromatic rings. The topological polar surface area (TPSA) is 126 Å². The van der Waals surface area contributed by atoms with Crippen LogP contribution in [0.25, 0.3) is 16.9 Å². The average molecular weight is 595 g/mol. The lowest BCUT2D eigenvalue weighted by Crippen LogP contribution is -2.61. The number of imidazole rings is 1. The number of hydrogen-bond donors (Lipinski definition) is 1. The van der Waals surface area contributed by atoms with E-state index in [1.54, 1.807) is 21.5 Å². The Morgan fingerprint density at radius 2 is 1.61 bits per heavy atom. The molecule has 1 saturated carbocycles. The maximum atomic E-state index is 13.8. The minimum absolute atomic E-state index is 0.100. The number of nitrogen functional groups attached to an aromatic ring is 1. The summed E-state index contributed by atoms with van der Waals surface area (Å²) < 4.78 is 15.6. The van der Waals surface area contributed by atoms with Crippen molar-refractivity contribution in [2.75, 3.05) is 25.9 Å². The number of fused-ring (bicyclic) bond motifs is 1. The molecule has 0 unspecified atom stereocenters. The molecule has 1 saturated heterocycles. The van der Waals surface area contributed by atoms with E-state index in [0.717, 1.165) is 42.9 Å². The van der Waals surface area contributed by atoms with Crippen molar-refractivity contribution in [3.63, 3.8) is 0 Å². The SMILES string of the molecule is CC.Cc1cc(OCc2cnc(C)nc2)cc(Oc2ccc(-n3c(=O)n(C4CC5(C4)CN(C)C5)c4ncnc(N)c43)cc2)c1. The van der Waals surface area contributed by atoms with Crippen molar-refractivity contribution in [2.24, 2.45) is 5.41 Å². The smallest absolute Gasteiger partial charge is 0.335 e. The van der Waals surface area contributed by atoms with Gasteiger partial charge in [-0.25, -0.2) is 24.7 Å². The number of aromatic nitrogens is 6. The lowest BCUT2D eigenvalue weighted by atomic mass is 9.61. The molecule has 0 radical (unpaired) electrons. The second kappa shape index (κ2) is 11.7. The Hall–Kier alpha value is -4.77. The van der Waals surface area contributed by atoms with E-state index in [4.69, 9.17) is 15.2 Å². The second-order valence-corrected chi connectivity index (χ2v) is 11.7. The Bertz CT molecular complexity index is 1830. The zero-order valence-electron chi connectivity index (χ0n) is 25.8. The number of likely N-dealkylation sites (tertiary alicyclic amines) is 1. The first-order valence-electron chi connectivity index (χ1n) is 15.0. The predicted molar refractivity (Wildman–Crippen MR) is 169 cm³/mol. The number of hydrogen-bond acceptors (Lipinski definition) is 9. The molecular formula is C33H38N8O3. The Labute approximate surface area is 256 Å². The van der Waals surface area contributed by atoms with E-state index in [-0.39, 0.29) is 17.5 Å². The predicted octanol–water partition coefficient (Wildman–Crippen LogP) is 5.24. The summed E-state index contributed by atoms with van der Waals surface area (Å²) in [5.74, 6) is 2.95. The summed E-state index contributed by atoms with van der Waals surface area (Å²) in [6.07, 6.45) is 6.88. The van der Waals surface area contributed by atoms with Crippen molar-refractivity contribution in [3.8, 4) is 22.9 Å². The van der Waals surface area contributed by atoms with Gasteiger partial charge in [0.1, 0.15) is 41.5 Å². The van der Waals surface area contributed by atoms with Crippen LogP contribution >= 0.6 is 0 Å². The number of anilines is 1. The minimum atomic E-state index is -0.155. The van der Waals surface area contributed by atoms with Crippen LogP contribution in [0, 0.1) is 19.3 Å². The summed E-state index contributed by atoms with van der Waals surface area (Å²) in [5, 5.41) is 0. The van der Waals surface area contributed by atoms with Crippen molar-refractivity contribution in [2.45, 2.75) is 53.2 Å². The van der Waals surface area contributed by atoms with Crippen LogP contribution in [0.15, 0.2) is 66.0 Å². The minimum Gasteiger partial charge on any atom is -0.489 e. The third kappa shape index (κ3) is 5.50. The molecule has 0 bridgehead atoms. The standard InChI is InChI=1S/C31H32N8O3.C2H6/c1-19-8-25(41-15-21-13-33-20(2)34-14-21)10-26(9-19)42-24-6-4-22(5-7-24)38-27-28(32)35-18-36-29(27)39(30(38)40)23-11-31(12-23)16-37(3)17-31;1-2/h4-10,13-14,18,23H,11-12,15-17H2,1-3H3,(H2,32,35,36);1-2H3. The first-order valence-corrected chi connectivity index (χ1v) is 15.0. The largest absolute Gasteiger partial charge is 0.489 e. The molecule has 11 heteroatoms. The molecular weight excluding hydrogens is 556 g/mol. The second-order valence-electron chi connectivity index (χ2n) is 11.7. The van der Waals surface area contributed by atoms with Gasteiger partial charge in [-0.3, -0.25) is 9.13 Å². The first kappa shape index (κ1) is 29.3. The highest BCUT2D eigenvalue weighted by molar-refractivity contribution is 5.84. The van der Waals surface area contributed by atoms with Gasteiger partial charge >= 0.3 is 5.69 Å². The number of ether oxygens (including phenoxy) is 2. The molecule has 0 atom stereocenters. The van der Waals surface area contributed by atoms with Gasteiger partial charge in [0, 0.05) is 43.2 Å². The maximum Gasteiger partial charge on any atom is 0.335 e. The Morgan fingerprint density at radius 1 is 0.932 bits per heavy atom. The molecule has 2 aromatic carbocycles. The molecule has 0 amide bonds. The molecule has 44 heavy (non-hydrogen) atoms. The third-order valence-corrected chi connectivity index (χ3v) is 8.19. The van der Waals surface area contributed by atoms with E-state index in [2.05, 4.69) is 31.9 Å². The summed E-state index contributed by atoms with van der Waals surface area (Å²) in [4.78, 5) is 33.2. The van der Waals surface area contributed by atoms with E-state index >= 15 is 0 Å². The van der Waals surface area contributed by atoms with E-state index < -0.39 is 0 Å². The zero-order valence-corrected chi connectivity index (χ0v) is 25.8. The molecule has 1 aliphatic carbocycles. The summed E-state index contributed by atoms with van der Waals surface area (Å²) in [6, 6.07) is 13.2. The van der Waals surface area contributed by atoms with E-state index in [0.29, 0.717) is 46.1 Å². The fourth-order valence-electron chi connectivity index (χ4n) is 6.43. The monoisotopic (exact) mass is 594 g/mol. The van der Waals surface area contributed by atoms with Crippen LogP contribution in [-0.2, 0) is 6.61 Å². The van der Waals surface area contributed by atoms with Crippen LogP contribution in [0.2, 0.25) is 0 Å². The summed E-state index contributed by atoms with van der Waals surface area (Å²) in [6.45, 7) is 10.3. The zero-order chi connectivity index (χ0) is 31.0. The lowest BCUT2D eigenvalue weighted by Gasteiger charge is -2.58. The third-order valence-electron chi connectivity index (χ3n) is 8.19.